The van der Waals surface area contributed by atoms with Crippen molar-refractivity contribution in [3.63, 3.8) is 0 Å². The third kappa shape index (κ3) is 7.01. The first kappa shape index (κ1) is 31.9. The van der Waals surface area contributed by atoms with Crippen LogP contribution in [0.2, 0.25) is 0 Å². The van der Waals surface area contributed by atoms with Crippen LogP contribution in [-0.2, 0) is 0 Å². The van der Waals surface area contributed by atoms with Crippen molar-refractivity contribution >= 4 is 47.7 Å². The Bertz CT molecular complexity index is 2000. The predicted molar refractivity (Wildman–Crippen MR) is 220 cm³/mol. The minimum atomic E-state index is -0.606. The van der Waals surface area contributed by atoms with Crippen molar-refractivity contribution in [3.8, 4) is 33.4 Å². The molecule has 0 unspecified atom stereocenters. The highest BCUT2D eigenvalue weighted by Crippen LogP contribution is 2.35. The summed E-state index contributed by atoms with van der Waals surface area (Å²) in [6, 6.07) is 79.8. The molecule has 8 rings (SSSR count). The molecular weight excluding hydrogens is 638 g/mol. The molecule has 0 bridgehead atoms. The minimum absolute atomic E-state index is 0.606. The Morgan fingerprint density at radius 3 is 0.520 bits per heavy atom. The molecule has 8 aromatic carbocycles. The van der Waals surface area contributed by atoms with E-state index in [1.54, 1.807) is 0 Å². The van der Waals surface area contributed by atoms with Crippen molar-refractivity contribution in [1.29, 1.82) is 0 Å². The first-order chi connectivity index (χ1) is 24.8. The predicted octanol–water partition coefficient (Wildman–Crippen LogP) is 10.2. The van der Waals surface area contributed by atoms with E-state index in [1.807, 2.05) is 0 Å². The van der Waals surface area contributed by atoms with Crippen LogP contribution >= 0.6 is 15.8 Å². The fourth-order valence-corrected chi connectivity index (χ4v) is 11.1. The van der Waals surface area contributed by atoms with E-state index >= 15 is 0 Å². The zero-order valence-corrected chi connectivity index (χ0v) is 29.5. The molecule has 0 amide bonds. The van der Waals surface area contributed by atoms with Gasteiger partial charge in [0.25, 0.3) is 0 Å². The highest BCUT2D eigenvalue weighted by molar-refractivity contribution is 7.80. The van der Waals surface area contributed by atoms with E-state index in [0.29, 0.717) is 0 Å². The largest absolute Gasteiger partial charge is 0.0622 e. The average Bonchev–Trinajstić information content (AvgIpc) is 3.21. The van der Waals surface area contributed by atoms with Crippen LogP contribution in [-0.4, -0.2) is 0 Å². The van der Waals surface area contributed by atoms with Crippen LogP contribution in [0.25, 0.3) is 33.4 Å². The second-order valence-corrected chi connectivity index (χ2v) is 16.7. The number of hydrogen-bond donors (Lipinski definition) is 0. The quantitative estimate of drug-likeness (QED) is 0.134. The van der Waals surface area contributed by atoms with Crippen molar-refractivity contribution in [2.24, 2.45) is 0 Å². The minimum Gasteiger partial charge on any atom is -0.0622 e. The third-order valence-corrected chi connectivity index (χ3v) is 14.0. The normalized spacial score (nSPS) is 11.2. The van der Waals surface area contributed by atoms with Gasteiger partial charge in [-0.3, -0.25) is 0 Å². The van der Waals surface area contributed by atoms with Gasteiger partial charge in [0, 0.05) is 0 Å². The molecule has 0 nitrogen and oxygen atoms in total. The Labute approximate surface area is 298 Å². The number of hydrogen-bond acceptors (Lipinski definition) is 0. The summed E-state index contributed by atoms with van der Waals surface area (Å²) in [5, 5.41) is 8.20. The van der Waals surface area contributed by atoms with Gasteiger partial charge in [0.1, 0.15) is 0 Å². The zero-order chi connectivity index (χ0) is 33.5. The molecule has 2 heteroatoms. The number of benzene rings is 8. The van der Waals surface area contributed by atoms with Crippen LogP contribution in [0.15, 0.2) is 218 Å². The van der Waals surface area contributed by atoms with Gasteiger partial charge in [0.05, 0.1) is 0 Å². The van der Waals surface area contributed by atoms with E-state index in [4.69, 9.17) is 0 Å². The molecule has 238 valence electrons. The Morgan fingerprint density at radius 2 is 0.320 bits per heavy atom. The molecular formula is C48H36P2. The summed E-state index contributed by atoms with van der Waals surface area (Å²) >= 11 is 0. The monoisotopic (exact) mass is 674 g/mol. The van der Waals surface area contributed by atoms with Gasteiger partial charge in [-0.15, -0.1) is 0 Å². The van der Waals surface area contributed by atoms with Crippen LogP contribution in [0.4, 0.5) is 0 Å². The topological polar surface area (TPSA) is 0 Å². The van der Waals surface area contributed by atoms with Crippen molar-refractivity contribution in [3.05, 3.63) is 218 Å². The zero-order valence-electron chi connectivity index (χ0n) is 27.7. The van der Waals surface area contributed by atoms with Gasteiger partial charge < -0.3 is 0 Å². The molecule has 0 aromatic heterocycles. The van der Waals surface area contributed by atoms with E-state index < -0.39 is 15.8 Å². The molecule has 0 radical (unpaired) electrons. The lowest BCUT2D eigenvalue weighted by Gasteiger charge is -2.19. The SMILES string of the molecule is c1ccc(P(c2ccccc2)c2ccc(-c3ccc(-c4ccc(-c5ccc(P(c6ccccc6)c6ccccc6)cc5)cc4)cc3)cc2)cc1. The Hall–Kier alpha value is -5.38. The van der Waals surface area contributed by atoms with Gasteiger partial charge in [-0.2, -0.15) is 0 Å². The smallest absolute Gasteiger partial charge is 0.0134 e. The molecule has 0 aliphatic heterocycles. The van der Waals surface area contributed by atoms with E-state index in [9.17, 15) is 0 Å². The Balaban J connectivity index is 0.986. The highest BCUT2D eigenvalue weighted by atomic mass is 31.1. The average molecular weight is 675 g/mol. The maximum absolute atomic E-state index is 2.31. The standard InChI is InChI=1S/C48H36P2/c1-5-13-43(14-6-1)49(44-15-7-2-8-16-44)47-33-29-41(30-34-47)39-25-21-37(22-26-39)38-23-27-40(28-24-38)42-31-35-48(36-32-42)50(45-17-9-3-10-18-45)46-19-11-4-12-20-46/h1-36H. The molecule has 0 aliphatic rings. The van der Waals surface area contributed by atoms with E-state index in [2.05, 4.69) is 218 Å². The van der Waals surface area contributed by atoms with Gasteiger partial charge in [-0.25, -0.2) is 0 Å². The molecule has 0 fully saturated rings. The van der Waals surface area contributed by atoms with Gasteiger partial charge in [0.2, 0.25) is 0 Å². The summed E-state index contributed by atoms with van der Waals surface area (Å²) in [4.78, 5) is 0. The lowest BCUT2D eigenvalue weighted by molar-refractivity contribution is 1.58. The summed E-state index contributed by atoms with van der Waals surface area (Å²) < 4.78 is 0. The summed E-state index contributed by atoms with van der Waals surface area (Å²) in [6.07, 6.45) is 0. The molecule has 0 saturated carbocycles. The highest BCUT2D eigenvalue weighted by Gasteiger charge is 2.17. The van der Waals surface area contributed by atoms with Crippen molar-refractivity contribution in [2.75, 3.05) is 0 Å². The molecule has 0 aliphatic carbocycles. The van der Waals surface area contributed by atoms with Crippen molar-refractivity contribution in [2.45, 2.75) is 0 Å². The molecule has 8 aromatic rings. The van der Waals surface area contributed by atoms with Crippen LogP contribution in [0.1, 0.15) is 0 Å². The van der Waals surface area contributed by atoms with Crippen LogP contribution < -0.4 is 31.8 Å². The van der Waals surface area contributed by atoms with Crippen LogP contribution in [0.3, 0.4) is 0 Å². The van der Waals surface area contributed by atoms with E-state index in [1.165, 1.54) is 65.2 Å². The second kappa shape index (κ2) is 15.0. The summed E-state index contributed by atoms with van der Waals surface area (Å²) in [5.74, 6) is 0. The lowest BCUT2D eigenvalue weighted by atomic mass is 9.98. The lowest BCUT2D eigenvalue weighted by Crippen LogP contribution is -2.20. The van der Waals surface area contributed by atoms with Crippen molar-refractivity contribution in [1.82, 2.24) is 0 Å². The van der Waals surface area contributed by atoms with E-state index in [0.717, 1.165) is 0 Å². The Morgan fingerprint density at radius 1 is 0.160 bits per heavy atom. The van der Waals surface area contributed by atoms with Gasteiger partial charge >= 0.3 is 0 Å². The molecule has 50 heavy (non-hydrogen) atoms. The fourth-order valence-electron chi connectivity index (χ4n) is 6.52. The first-order valence-corrected chi connectivity index (χ1v) is 19.7. The summed E-state index contributed by atoms with van der Waals surface area (Å²) in [7, 11) is -1.21. The van der Waals surface area contributed by atoms with Gasteiger partial charge in [-0.05, 0) is 81.1 Å². The third-order valence-electron chi connectivity index (χ3n) is 9.08. The summed E-state index contributed by atoms with van der Waals surface area (Å²) in [5.41, 5.74) is 7.37. The van der Waals surface area contributed by atoms with Gasteiger partial charge in [0.15, 0.2) is 0 Å². The first-order valence-electron chi connectivity index (χ1n) is 17.0. The van der Waals surface area contributed by atoms with Crippen molar-refractivity contribution < 1.29 is 0 Å². The van der Waals surface area contributed by atoms with Gasteiger partial charge in [-0.1, -0.05) is 218 Å². The second-order valence-electron chi connectivity index (χ2n) is 12.3. The number of rotatable bonds is 9. The molecule has 0 saturated heterocycles. The summed E-state index contributed by atoms with van der Waals surface area (Å²) in [6.45, 7) is 0. The van der Waals surface area contributed by atoms with Crippen LogP contribution in [0, 0.1) is 0 Å². The molecule has 0 spiro atoms. The molecule has 0 N–H and O–H groups in total. The van der Waals surface area contributed by atoms with Crippen LogP contribution in [0.5, 0.6) is 0 Å². The molecule has 0 atom stereocenters. The fraction of sp³-hybridized carbons (Fsp3) is 0. The maximum Gasteiger partial charge on any atom is -0.0134 e. The maximum atomic E-state index is 2.31. The van der Waals surface area contributed by atoms with E-state index in [-0.39, 0.29) is 0 Å². The molecule has 0 heterocycles. The Kier molecular flexibility index (Phi) is 9.57.